The molecule has 8 nitrogen and oxygen atoms in total. The minimum atomic E-state index is -0.549. The van der Waals surface area contributed by atoms with Gasteiger partial charge in [-0.2, -0.15) is 15.6 Å². The van der Waals surface area contributed by atoms with Crippen LogP contribution in [-0.4, -0.2) is 44.5 Å². The third kappa shape index (κ3) is 3.25. The third-order valence-electron chi connectivity index (χ3n) is 6.11. The SMILES string of the molecule is N#Cc1cccc(N2CC[C@H](C(CF)n3cc(-c4ncnc5[nH]ccc45)cn3)C2)c1C#N. The summed E-state index contributed by atoms with van der Waals surface area (Å²) >= 11 is 0. The second-order valence-corrected chi connectivity index (χ2v) is 7.81. The largest absolute Gasteiger partial charge is 0.370 e. The van der Waals surface area contributed by atoms with Crippen LogP contribution in [0.25, 0.3) is 22.3 Å². The van der Waals surface area contributed by atoms with E-state index in [1.165, 1.54) is 6.33 Å². The zero-order valence-corrected chi connectivity index (χ0v) is 17.1. The summed E-state index contributed by atoms with van der Waals surface area (Å²) in [7, 11) is 0. The van der Waals surface area contributed by atoms with Gasteiger partial charge in [0.05, 0.1) is 34.7 Å². The number of rotatable bonds is 5. The molecule has 4 aromatic rings. The number of hydrogen-bond donors (Lipinski definition) is 1. The lowest BCUT2D eigenvalue weighted by molar-refractivity contribution is 0.257. The molecule has 32 heavy (non-hydrogen) atoms. The molecular formula is C23H19FN8. The number of nitrogens with one attached hydrogen (secondary N) is 1. The van der Waals surface area contributed by atoms with E-state index in [9.17, 15) is 14.9 Å². The van der Waals surface area contributed by atoms with Gasteiger partial charge in [0.25, 0.3) is 0 Å². The van der Waals surface area contributed by atoms with E-state index >= 15 is 0 Å². The zero-order chi connectivity index (χ0) is 22.1. The molecule has 9 heteroatoms. The molecule has 4 heterocycles. The molecule has 0 radical (unpaired) electrons. The van der Waals surface area contributed by atoms with Crippen molar-refractivity contribution in [2.24, 2.45) is 5.92 Å². The molecule has 0 bridgehead atoms. The van der Waals surface area contributed by atoms with Crippen molar-refractivity contribution in [1.82, 2.24) is 24.7 Å². The van der Waals surface area contributed by atoms with Crippen LogP contribution in [0.15, 0.2) is 49.2 Å². The van der Waals surface area contributed by atoms with E-state index in [1.54, 1.807) is 23.0 Å². The minimum absolute atomic E-state index is 0.0164. The Morgan fingerprint density at radius 3 is 2.94 bits per heavy atom. The van der Waals surface area contributed by atoms with E-state index in [-0.39, 0.29) is 5.92 Å². The molecule has 1 saturated heterocycles. The van der Waals surface area contributed by atoms with Gasteiger partial charge in [-0.1, -0.05) is 6.07 Å². The molecule has 1 aliphatic rings. The number of alkyl halides is 1. The minimum Gasteiger partial charge on any atom is -0.370 e. The van der Waals surface area contributed by atoms with Gasteiger partial charge in [0.1, 0.15) is 30.8 Å². The average Bonchev–Trinajstić information content (AvgIpc) is 3.59. The highest BCUT2D eigenvalue weighted by Crippen LogP contribution is 2.34. The molecule has 1 aromatic carbocycles. The number of aromatic nitrogens is 5. The number of anilines is 1. The van der Waals surface area contributed by atoms with Gasteiger partial charge in [-0.3, -0.25) is 4.68 Å². The number of aromatic amines is 1. The maximum absolute atomic E-state index is 14.2. The van der Waals surface area contributed by atoms with E-state index in [0.29, 0.717) is 24.2 Å². The highest BCUT2D eigenvalue weighted by atomic mass is 19.1. The Balaban J connectivity index is 1.40. The van der Waals surface area contributed by atoms with Crippen LogP contribution in [0.2, 0.25) is 0 Å². The van der Waals surface area contributed by atoms with Gasteiger partial charge in [-0.05, 0) is 24.6 Å². The van der Waals surface area contributed by atoms with Gasteiger partial charge in [0, 0.05) is 42.4 Å². The van der Waals surface area contributed by atoms with Crippen LogP contribution >= 0.6 is 0 Å². The molecular weight excluding hydrogens is 407 g/mol. The van der Waals surface area contributed by atoms with Crippen LogP contribution in [0.5, 0.6) is 0 Å². The topological polar surface area (TPSA) is 110 Å². The fourth-order valence-electron chi connectivity index (χ4n) is 4.49. The van der Waals surface area contributed by atoms with Crippen molar-refractivity contribution >= 4 is 16.7 Å². The maximum atomic E-state index is 14.2. The van der Waals surface area contributed by atoms with Gasteiger partial charge >= 0.3 is 0 Å². The van der Waals surface area contributed by atoms with Crippen molar-refractivity contribution in [3.05, 3.63) is 60.3 Å². The van der Waals surface area contributed by atoms with E-state index in [4.69, 9.17) is 0 Å². The summed E-state index contributed by atoms with van der Waals surface area (Å²) in [6.45, 7) is 0.726. The second-order valence-electron chi connectivity index (χ2n) is 7.81. The van der Waals surface area contributed by atoms with E-state index < -0.39 is 12.7 Å². The Labute approximate surface area is 183 Å². The highest BCUT2D eigenvalue weighted by Gasteiger charge is 2.32. The summed E-state index contributed by atoms with van der Waals surface area (Å²) in [5.41, 5.74) is 3.74. The van der Waals surface area contributed by atoms with Gasteiger partial charge < -0.3 is 9.88 Å². The number of halogens is 1. The van der Waals surface area contributed by atoms with Gasteiger partial charge in [-0.15, -0.1) is 0 Å². The molecule has 0 aliphatic carbocycles. The van der Waals surface area contributed by atoms with Crippen LogP contribution in [-0.2, 0) is 0 Å². The number of nitrogens with zero attached hydrogens (tertiary/aromatic N) is 7. The van der Waals surface area contributed by atoms with Crippen molar-refractivity contribution in [3.8, 4) is 23.4 Å². The van der Waals surface area contributed by atoms with E-state index in [1.807, 2.05) is 24.5 Å². The lowest BCUT2D eigenvalue weighted by Crippen LogP contribution is -2.26. The normalized spacial score (nSPS) is 16.7. The fourth-order valence-corrected chi connectivity index (χ4v) is 4.49. The Morgan fingerprint density at radius 2 is 2.12 bits per heavy atom. The Morgan fingerprint density at radius 1 is 1.22 bits per heavy atom. The molecule has 1 aliphatic heterocycles. The van der Waals surface area contributed by atoms with Crippen molar-refractivity contribution in [2.45, 2.75) is 12.5 Å². The quantitative estimate of drug-likeness (QED) is 0.522. The molecule has 1 N–H and O–H groups in total. The summed E-state index contributed by atoms with van der Waals surface area (Å²) < 4.78 is 15.9. The van der Waals surface area contributed by atoms with Crippen LogP contribution in [0.4, 0.5) is 10.1 Å². The Bertz CT molecular complexity index is 1360. The summed E-state index contributed by atoms with van der Waals surface area (Å²) in [5.74, 6) is 0.0164. The fraction of sp³-hybridized carbons (Fsp3) is 0.261. The first-order valence-electron chi connectivity index (χ1n) is 10.3. The van der Waals surface area contributed by atoms with Crippen molar-refractivity contribution in [3.63, 3.8) is 0 Å². The number of nitriles is 2. The zero-order valence-electron chi connectivity index (χ0n) is 17.1. The standard InChI is InChI=1S/C23H19FN8/c24-8-21(16-5-7-31(12-16)20-3-1-2-15(9-25)19(20)10-26)32-13-17(11-30-32)22-18-4-6-27-23(18)29-14-28-22/h1-4,6,11,13-14,16,21H,5,7-8,12H2,(H,27,28,29)/t16-,21?/m0/s1. The van der Waals surface area contributed by atoms with Crippen molar-refractivity contribution < 1.29 is 4.39 Å². The third-order valence-corrected chi connectivity index (χ3v) is 6.11. The molecule has 0 saturated carbocycles. The molecule has 1 unspecified atom stereocenters. The summed E-state index contributed by atoms with van der Waals surface area (Å²) in [6.07, 6.45) is 7.60. The number of H-pyrrole nitrogens is 1. The molecule has 1 fully saturated rings. The average molecular weight is 426 g/mol. The Hall–Kier alpha value is -4.24. The smallest absolute Gasteiger partial charge is 0.141 e. The summed E-state index contributed by atoms with van der Waals surface area (Å²) in [4.78, 5) is 13.7. The van der Waals surface area contributed by atoms with Crippen LogP contribution < -0.4 is 4.90 Å². The van der Waals surface area contributed by atoms with E-state index in [0.717, 1.165) is 34.4 Å². The first-order chi connectivity index (χ1) is 15.7. The lowest BCUT2D eigenvalue weighted by atomic mass is 10.00. The van der Waals surface area contributed by atoms with E-state index in [2.05, 4.69) is 37.1 Å². The Kier molecular flexibility index (Phi) is 5.00. The maximum Gasteiger partial charge on any atom is 0.141 e. The summed E-state index contributed by atoms with van der Waals surface area (Å²) in [5, 5.41) is 24.2. The first-order valence-corrected chi connectivity index (χ1v) is 10.3. The van der Waals surface area contributed by atoms with Gasteiger partial charge in [0.2, 0.25) is 0 Å². The molecule has 3 aromatic heterocycles. The highest BCUT2D eigenvalue weighted by molar-refractivity contribution is 5.89. The van der Waals surface area contributed by atoms with Crippen LogP contribution in [0.3, 0.4) is 0 Å². The number of hydrogen-bond acceptors (Lipinski definition) is 6. The molecule has 5 rings (SSSR count). The molecule has 158 valence electrons. The lowest BCUT2D eigenvalue weighted by Gasteiger charge is -2.23. The first kappa shape index (κ1) is 19.7. The number of fused-ring (bicyclic) bond motifs is 1. The predicted molar refractivity (Wildman–Crippen MR) is 116 cm³/mol. The predicted octanol–water partition coefficient (Wildman–Crippen LogP) is 3.60. The van der Waals surface area contributed by atoms with Crippen molar-refractivity contribution in [2.75, 3.05) is 24.7 Å². The second kappa shape index (κ2) is 8.12. The number of benzene rings is 1. The molecule has 2 atom stereocenters. The van der Waals surface area contributed by atoms with Crippen LogP contribution in [0.1, 0.15) is 23.6 Å². The van der Waals surface area contributed by atoms with Gasteiger partial charge in [0.15, 0.2) is 0 Å². The summed E-state index contributed by atoms with van der Waals surface area (Å²) in [6, 6.07) is 11.0. The van der Waals surface area contributed by atoms with Gasteiger partial charge in [-0.25, -0.2) is 14.4 Å². The molecule has 0 amide bonds. The van der Waals surface area contributed by atoms with Crippen molar-refractivity contribution in [1.29, 1.82) is 10.5 Å². The monoisotopic (exact) mass is 426 g/mol. The molecule has 0 spiro atoms. The van der Waals surface area contributed by atoms with Crippen LogP contribution in [0, 0.1) is 28.6 Å².